The molecule has 0 aliphatic rings. The molecule has 0 aliphatic carbocycles. The minimum Gasteiger partial charge on any atom is -0.381 e. The predicted molar refractivity (Wildman–Crippen MR) is 79.3 cm³/mol. The highest BCUT2D eigenvalue weighted by Gasteiger charge is 2.04. The van der Waals surface area contributed by atoms with E-state index < -0.39 is 0 Å². The van der Waals surface area contributed by atoms with Crippen LogP contribution in [0.15, 0.2) is 24.3 Å². The molecule has 20 heavy (non-hydrogen) atoms. The third-order valence-corrected chi connectivity index (χ3v) is 2.96. The molecule has 4 nitrogen and oxygen atoms in total. The molecule has 1 rings (SSSR count). The Balaban J connectivity index is 2.21. The molecule has 0 radical (unpaired) electrons. The summed E-state index contributed by atoms with van der Waals surface area (Å²) in [7, 11) is 0. The standard InChI is InChI=1S/C16H22N2O2/c1-3-4-13(2)12-20-10-9-16(19)18-15-7-5-14(11-17)6-8-15/h5-8,13H,3-4,9-10,12H2,1-2H3,(H,18,19). The lowest BCUT2D eigenvalue weighted by molar-refractivity contribution is -0.117. The van der Waals surface area contributed by atoms with Gasteiger partial charge in [0.1, 0.15) is 0 Å². The van der Waals surface area contributed by atoms with Gasteiger partial charge in [-0.2, -0.15) is 5.26 Å². The van der Waals surface area contributed by atoms with Crippen molar-refractivity contribution in [1.29, 1.82) is 5.26 Å². The molecular formula is C16H22N2O2. The van der Waals surface area contributed by atoms with Crippen LogP contribution in [-0.2, 0) is 9.53 Å². The molecule has 0 aromatic heterocycles. The summed E-state index contributed by atoms with van der Waals surface area (Å²) in [4.78, 5) is 11.7. The van der Waals surface area contributed by atoms with Crippen LogP contribution in [0.3, 0.4) is 0 Å². The number of hydrogen-bond acceptors (Lipinski definition) is 3. The first-order valence-electron chi connectivity index (χ1n) is 7.03. The van der Waals surface area contributed by atoms with Crippen LogP contribution in [0.1, 0.15) is 38.7 Å². The molecule has 108 valence electrons. The minimum absolute atomic E-state index is 0.0714. The van der Waals surface area contributed by atoms with Crippen LogP contribution in [-0.4, -0.2) is 19.1 Å². The summed E-state index contributed by atoms with van der Waals surface area (Å²) in [5.74, 6) is 0.472. The molecule has 0 heterocycles. The van der Waals surface area contributed by atoms with E-state index in [1.54, 1.807) is 24.3 Å². The van der Waals surface area contributed by atoms with Gasteiger partial charge >= 0.3 is 0 Å². The maximum Gasteiger partial charge on any atom is 0.226 e. The molecule has 1 N–H and O–H groups in total. The van der Waals surface area contributed by atoms with Gasteiger partial charge in [-0.05, 0) is 36.6 Å². The fraction of sp³-hybridized carbons (Fsp3) is 0.500. The quantitative estimate of drug-likeness (QED) is 0.739. The lowest BCUT2D eigenvalue weighted by Gasteiger charge is -2.10. The van der Waals surface area contributed by atoms with E-state index in [2.05, 4.69) is 19.2 Å². The van der Waals surface area contributed by atoms with Crippen molar-refractivity contribution >= 4 is 11.6 Å². The van der Waals surface area contributed by atoms with Crippen LogP contribution in [0.25, 0.3) is 0 Å². The highest BCUT2D eigenvalue weighted by molar-refractivity contribution is 5.90. The smallest absolute Gasteiger partial charge is 0.226 e. The van der Waals surface area contributed by atoms with E-state index >= 15 is 0 Å². The Morgan fingerprint density at radius 1 is 1.40 bits per heavy atom. The highest BCUT2D eigenvalue weighted by atomic mass is 16.5. The summed E-state index contributed by atoms with van der Waals surface area (Å²) in [6.07, 6.45) is 2.65. The lowest BCUT2D eigenvalue weighted by atomic mass is 10.1. The summed E-state index contributed by atoms with van der Waals surface area (Å²) in [5, 5.41) is 11.5. The van der Waals surface area contributed by atoms with Crippen LogP contribution in [0, 0.1) is 17.2 Å². The lowest BCUT2D eigenvalue weighted by Crippen LogP contribution is -2.15. The first-order valence-corrected chi connectivity index (χ1v) is 7.03. The molecule has 1 atom stereocenters. The van der Waals surface area contributed by atoms with Gasteiger partial charge in [0.15, 0.2) is 0 Å². The second kappa shape index (κ2) is 9.11. The molecule has 1 amide bonds. The molecule has 0 spiro atoms. The van der Waals surface area contributed by atoms with Gasteiger partial charge in [-0.1, -0.05) is 20.3 Å². The largest absolute Gasteiger partial charge is 0.381 e. The van der Waals surface area contributed by atoms with Crippen molar-refractivity contribution in [2.24, 2.45) is 5.92 Å². The Morgan fingerprint density at radius 3 is 2.70 bits per heavy atom. The zero-order chi connectivity index (χ0) is 14.8. The van der Waals surface area contributed by atoms with Crippen LogP contribution >= 0.6 is 0 Å². The van der Waals surface area contributed by atoms with Gasteiger partial charge in [0.05, 0.1) is 24.7 Å². The number of anilines is 1. The average molecular weight is 274 g/mol. The van der Waals surface area contributed by atoms with Gasteiger partial charge in [-0.25, -0.2) is 0 Å². The molecule has 1 aromatic carbocycles. The summed E-state index contributed by atoms with van der Waals surface area (Å²) >= 11 is 0. The van der Waals surface area contributed by atoms with Crippen LogP contribution < -0.4 is 5.32 Å². The first-order chi connectivity index (χ1) is 9.65. The molecule has 1 unspecified atom stereocenters. The number of rotatable bonds is 8. The number of nitrogens with one attached hydrogen (secondary N) is 1. The third kappa shape index (κ3) is 6.35. The predicted octanol–water partition coefficient (Wildman–Crippen LogP) is 3.34. The van der Waals surface area contributed by atoms with E-state index in [-0.39, 0.29) is 5.91 Å². The van der Waals surface area contributed by atoms with E-state index in [0.717, 1.165) is 12.8 Å². The van der Waals surface area contributed by atoms with Crippen molar-refractivity contribution in [3.8, 4) is 6.07 Å². The fourth-order valence-electron chi connectivity index (χ4n) is 1.88. The Kier molecular flexibility index (Phi) is 7.38. The summed E-state index contributed by atoms with van der Waals surface area (Å²) in [5.41, 5.74) is 1.28. The van der Waals surface area contributed by atoms with Crippen molar-refractivity contribution in [2.45, 2.75) is 33.1 Å². The SMILES string of the molecule is CCCC(C)COCCC(=O)Nc1ccc(C#N)cc1. The first kappa shape index (κ1) is 16.2. The summed E-state index contributed by atoms with van der Waals surface area (Å²) in [6, 6.07) is 8.84. The number of carbonyl (C=O) groups is 1. The third-order valence-electron chi connectivity index (χ3n) is 2.96. The summed E-state index contributed by atoms with van der Waals surface area (Å²) in [6.45, 7) is 5.45. The second-order valence-electron chi connectivity index (χ2n) is 4.96. The Hall–Kier alpha value is -1.86. The normalized spacial score (nSPS) is 11.7. The maximum absolute atomic E-state index is 11.7. The van der Waals surface area contributed by atoms with Gasteiger partial charge in [0, 0.05) is 12.3 Å². The van der Waals surface area contributed by atoms with Crippen molar-refractivity contribution in [3.05, 3.63) is 29.8 Å². The highest BCUT2D eigenvalue weighted by Crippen LogP contribution is 2.09. The van der Waals surface area contributed by atoms with Crippen molar-refractivity contribution < 1.29 is 9.53 Å². The molecule has 0 aliphatic heterocycles. The number of nitriles is 1. The Morgan fingerprint density at radius 2 is 2.10 bits per heavy atom. The number of nitrogens with zero attached hydrogens (tertiary/aromatic N) is 1. The van der Waals surface area contributed by atoms with Crippen molar-refractivity contribution in [2.75, 3.05) is 18.5 Å². The van der Waals surface area contributed by atoms with E-state index in [9.17, 15) is 4.79 Å². The van der Waals surface area contributed by atoms with E-state index in [1.807, 2.05) is 6.07 Å². The van der Waals surface area contributed by atoms with Crippen LogP contribution in [0.5, 0.6) is 0 Å². The molecule has 0 saturated carbocycles. The molecular weight excluding hydrogens is 252 g/mol. The minimum atomic E-state index is -0.0714. The maximum atomic E-state index is 11.7. The second-order valence-corrected chi connectivity index (χ2v) is 4.96. The average Bonchev–Trinajstić information content (AvgIpc) is 2.45. The number of hydrogen-bond donors (Lipinski definition) is 1. The molecule has 0 saturated heterocycles. The summed E-state index contributed by atoms with van der Waals surface area (Å²) < 4.78 is 5.49. The number of amides is 1. The molecule has 1 aromatic rings. The number of ether oxygens (including phenoxy) is 1. The zero-order valence-electron chi connectivity index (χ0n) is 12.2. The van der Waals surface area contributed by atoms with Gasteiger partial charge in [0.2, 0.25) is 5.91 Å². The van der Waals surface area contributed by atoms with Crippen LogP contribution in [0.2, 0.25) is 0 Å². The van der Waals surface area contributed by atoms with Crippen molar-refractivity contribution in [1.82, 2.24) is 0 Å². The zero-order valence-corrected chi connectivity index (χ0v) is 12.2. The molecule has 0 fully saturated rings. The van der Waals surface area contributed by atoms with E-state index in [4.69, 9.17) is 10.00 Å². The molecule has 0 bridgehead atoms. The fourth-order valence-corrected chi connectivity index (χ4v) is 1.88. The number of carbonyl (C=O) groups excluding carboxylic acids is 1. The van der Waals surface area contributed by atoms with Crippen molar-refractivity contribution in [3.63, 3.8) is 0 Å². The number of benzene rings is 1. The van der Waals surface area contributed by atoms with Gasteiger partial charge < -0.3 is 10.1 Å². The Labute approximate surface area is 120 Å². The Bertz CT molecular complexity index is 449. The van der Waals surface area contributed by atoms with E-state index in [1.165, 1.54) is 0 Å². The van der Waals surface area contributed by atoms with Gasteiger partial charge in [-0.3, -0.25) is 4.79 Å². The monoisotopic (exact) mass is 274 g/mol. The van der Waals surface area contributed by atoms with Gasteiger partial charge in [0.25, 0.3) is 0 Å². The topological polar surface area (TPSA) is 62.1 Å². The van der Waals surface area contributed by atoms with Crippen LogP contribution in [0.4, 0.5) is 5.69 Å². The molecule has 4 heteroatoms. The van der Waals surface area contributed by atoms with Gasteiger partial charge in [-0.15, -0.1) is 0 Å². The van der Waals surface area contributed by atoms with E-state index in [0.29, 0.717) is 36.8 Å².